The molecule has 3 rings (SSSR count). The molecule has 0 bridgehead atoms. The van der Waals surface area contributed by atoms with Crippen LogP contribution in [0.5, 0.6) is 5.75 Å². The van der Waals surface area contributed by atoms with Crippen molar-refractivity contribution in [1.29, 1.82) is 0 Å². The minimum absolute atomic E-state index is 0.000141. The molecule has 23 heavy (non-hydrogen) atoms. The summed E-state index contributed by atoms with van der Waals surface area (Å²) in [6, 6.07) is 7.12. The number of carboxylic acids is 1. The van der Waals surface area contributed by atoms with Gasteiger partial charge in [-0.15, -0.1) is 0 Å². The average Bonchev–Trinajstić information content (AvgIpc) is 2.89. The molecule has 0 atom stereocenters. The number of aromatic nitrogens is 2. The van der Waals surface area contributed by atoms with E-state index < -0.39 is 5.97 Å². The smallest absolute Gasteiger partial charge is 0.338 e. The number of para-hydroxylation sites is 2. The van der Waals surface area contributed by atoms with Crippen LogP contribution in [0.15, 0.2) is 41.5 Å². The van der Waals surface area contributed by atoms with Crippen LogP contribution >= 0.6 is 0 Å². The Bertz CT molecular complexity index is 982. The van der Waals surface area contributed by atoms with Gasteiger partial charge < -0.3 is 14.4 Å². The maximum Gasteiger partial charge on any atom is 0.338 e. The van der Waals surface area contributed by atoms with Gasteiger partial charge in [0.2, 0.25) is 0 Å². The first kappa shape index (κ1) is 14.9. The third-order valence-corrected chi connectivity index (χ3v) is 3.89. The molecule has 0 unspecified atom stereocenters. The third-order valence-electron chi connectivity index (χ3n) is 3.89. The van der Waals surface area contributed by atoms with Crippen LogP contribution < -0.4 is 10.3 Å². The molecule has 0 saturated heterocycles. The molecule has 6 nitrogen and oxygen atoms in total. The zero-order chi connectivity index (χ0) is 16.7. The molecule has 0 aliphatic rings. The largest absolute Gasteiger partial charge is 0.495 e. The summed E-state index contributed by atoms with van der Waals surface area (Å²) in [5, 5.41) is 9.59. The van der Waals surface area contributed by atoms with E-state index in [1.165, 1.54) is 17.9 Å². The van der Waals surface area contributed by atoms with Crippen molar-refractivity contribution in [2.24, 2.45) is 7.05 Å². The first-order valence-electron chi connectivity index (χ1n) is 7.03. The van der Waals surface area contributed by atoms with Crippen molar-refractivity contribution in [3.8, 4) is 11.4 Å². The number of hydrogen-bond acceptors (Lipinski definition) is 3. The first-order chi connectivity index (χ1) is 11.0. The summed E-state index contributed by atoms with van der Waals surface area (Å²) in [6.07, 6.45) is 3.17. The maximum atomic E-state index is 12.9. The molecule has 0 aliphatic carbocycles. The molecule has 2 aromatic heterocycles. The summed E-state index contributed by atoms with van der Waals surface area (Å²) in [6.45, 7) is 1.85. The minimum Gasteiger partial charge on any atom is -0.495 e. The molecule has 0 aliphatic heterocycles. The van der Waals surface area contributed by atoms with Crippen molar-refractivity contribution < 1.29 is 14.6 Å². The Morgan fingerprint density at radius 1 is 1.22 bits per heavy atom. The highest BCUT2D eigenvalue weighted by Gasteiger charge is 2.20. The summed E-state index contributed by atoms with van der Waals surface area (Å²) >= 11 is 0. The monoisotopic (exact) mass is 312 g/mol. The highest BCUT2D eigenvalue weighted by Crippen LogP contribution is 2.25. The van der Waals surface area contributed by atoms with Gasteiger partial charge in [0.25, 0.3) is 5.56 Å². The number of nitrogens with zero attached hydrogens (tertiary/aromatic N) is 2. The Morgan fingerprint density at radius 2 is 1.91 bits per heavy atom. The van der Waals surface area contributed by atoms with Gasteiger partial charge in [-0.1, -0.05) is 12.1 Å². The number of pyridine rings is 1. The molecule has 2 heterocycles. The Hall–Kier alpha value is -3.02. The van der Waals surface area contributed by atoms with Crippen molar-refractivity contribution in [3.05, 3.63) is 58.1 Å². The van der Waals surface area contributed by atoms with Crippen LogP contribution in [0.2, 0.25) is 0 Å². The van der Waals surface area contributed by atoms with E-state index in [4.69, 9.17) is 4.74 Å². The van der Waals surface area contributed by atoms with E-state index in [2.05, 4.69) is 0 Å². The predicted molar refractivity (Wildman–Crippen MR) is 86.8 cm³/mol. The molecule has 0 radical (unpaired) electrons. The van der Waals surface area contributed by atoms with Crippen molar-refractivity contribution in [2.45, 2.75) is 6.92 Å². The lowest BCUT2D eigenvalue weighted by Crippen LogP contribution is -2.20. The van der Waals surface area contributed by atoms with Gasteiger partial charge in [0.05, 0.1) is 29.3 Å². The zero-order valence-corrected chi connectivity index (χ0v) is 13.0. The van der Waals surface area contributed by atoms with E-state index in [1.807, 2.05) is 13.0 Å². The van der Waals surface area contributed by atoms with Gasteiger partial charge in [-0.3, -0.25) is 9.36 Å². The molecule has 1 aromatic carbocycles. The van der Waals surface area contributed by atoms with Crippen LogP contribution in [0.4, 0.5) is 0 Å². The third kappa shape index (κ3) is 2.19. The van der Waals surface area contributed by atoms with E-state index in [-0.39, 0.29) is 16.5 Å². The highest BCUT2D eigenvalue weighted by atomic mass is 16.5. The molecule has 0 fully saturated rings. The molecule has 0 saturated carbocycles. The molecule has 0 spiro atoms. The van der Waals surface area contributed by atoms with E-state index in [9.17, 15) is 14.7 Å². The van der Waals surface area contributed by atoms with Crippen LogP contribution in [-0.2, 0) is 7.05 Å². The molecule has 1 N–H and O–H groups in total. The van der Waals surface area contributed by atoms with Crippen LogP contribution in [0.1, 0.15) is 15.9 Å². The van der Waals surface area contributed by atoms with E-state index in [0.717, 1.165) is 5.56 Å². The van der Waals surface area contributed by atoms with Crippen molar-refractivity contribution in [2.75, 3.05) is 7.11 Å². The number of hydrogen-bond donors (Lipinski definition) is 1. The van der Waals surface area contributed by atoms with E-state index in [0.29, 0.717) is 17.0 Å². The molecule has 3 aromatic rings. The number of rotatable bonds is 3. The van der Waals surface area contributed by atoms with Gasteiger partial charge >= 0.3 is 5.97 Å². The van der Waals surface area contributed by atoms with Gasteiger partial charge in [0.1, 0.15) is 5.75 Å². The highest BCUT2D eigenvalue weighted by molar-refractivity contribution is 6.04. The Morgan fingerprint density at radius 3 is 2.57 bits per heavy atom. The lowest BCUT2D eigenvalue weighted by Gasteiger charge is -2.12. The fraction of sp³-hybridized carbons (Fsp3) is 0.176. The zero-order valence-electron chi connectivity index (χ0n) is 13.0. The van der Waals surface area contributed by atoms with Crippen LogP contribution in [0.25, 0.3) is 16.6 Å². The van der Waals surface area contributed by atoms with Gasteiger partial charge in [-0.2, -0.15) is 0 Å². The number of benzene rings is 1. The molecule has 118 valence electrons. The Kier molecular flexibility index (Phi) is 3.44. The Labute approximate surface area is 132 Å². The number of carbonyl (C=O) groups is 1. The fourth-order valence-corrected chi connectivity index (χ4v) is 2.92. The number of fused-ring (bicyclic) bond motifs is 1. The van der Waals surface area contributed by atoms with Gasteiger partial charge in [0, 0.05) is 19.4 Å². The number of aryl methyl sites for hydroxylation is 2. The fourth-order valence-electron chi connectivity index (χ4n) is 2.92. The predicted octanol–water partition coefficient (Wildman–Crippen LogP) is 2.34. The Balaban J connectivity index is 2.45. The van der Waals surface area contributed by atoms with Crippen molar-refractivity contribution in [1.82, 2.24) is 9.13 Å². The van der Waals surface area contributed by atoms with Gasteiger partial charge in [-0.25, -0.2) is 4.79 Å². The normalized spacial score (nSPS) is 10.9. The SMILES string of the molecule is COc1ccccc1-n1cc(C)c2c(c(C(=O)O)cn2C)c1=O. The quantitative estimate of drug-likeness (QED) is 0.805. The molecular formula is C17H16N2O4. The summed E-state index contributed by atoms with van der Waals surface area (Å²) in [7, 11) is 3.26. The summed E-state index contributed by atoms with van der Waals surface area (Å²) in [4.78, 5) is 24.4. The minimum atomic E-state index is -1.12. The van der Waals surface area contributed by atoms with Crippen LogP contribution in [0, 0.1) is 6.92 Å². The average molecular weight is 312 g/mol. The lowest BCUT2D eigenvalue weighted by molar-refractivity contribution is 0.0698. The lowest BCUT2D eigenvalue weighted by atomic mass is 10.1. The topological polar surface area (TPSA) is 73.5 Å². The van der Waals surface area contributed by atoms with Gasteiger partial charge in [0.15, 0.2) is 0 Å². The van der Waals surface area contributed by atoms with Gasteiger partial charge in [-0.05, 0) is 24.6 Å². The first-order valence-corrected chi connectivity index (χ1v) is 7.03. The second-order valence-corrected chi connectivity index (χ2v) is 5.34. The molecule has 6 heteroatoms. The second kappa shape index (κ2) is 5.31. The number of ether oxygens (including phenoxy) is 1. The van der Waals surface area contributed by atoms with Crippen molar-refractivity contribution in [3.63, 3.8) is 0 Å². The van der Waals surface area contributed by atoms with Crippen LogP contribution in [-0.4, -0.2) is 27.3 Å². The number of carboxylic acid groups (broad SMARTS) is 1. The summed E-state index contributed by atoms with van der Waals surface area (Å²) in [5.41, 5.74) is 1.62. The number of aromatic carboxylic acids is 1. The van der Waals surface area contributed by atoms with E-state index in [1.54, 1.807) is 36.0 Å². The van der Waals surface area contributed by atoms with E-state index >= 15 is 0 Å². The van der Waals surface area contributed by atoms with Crippen molar-refractivity contribution >= 4 is 16.9 Å². The standard InChI is InChI=1S/C17H16N2O4/c1-10-8-19(12-6-4-5-7-13(12)23-3)16(20)14-11(17(21)22)9-18(2)15(10)14/h4-9H,1-3H3,(H,21,22). The summed E-state index contributed by atoms with van der Waals surface area (Å²) in [5.74, 6) is -0.578. The molecular weight excluding hydrogens is 296 g/mol. The summed E-state index contributed by atoms with van der Waals surface area (Å²) < 4.78 is 8.41. The number of methoxy groups -OCH3 is 1. The molecule has 0 amide bonds. The maximum absolute atomic E-state index is 12.9. The second-order valence-electron chi connectivity index (χ2n) is 5.34. The van der Waals surface area contributed by atoms with Crippen LogP contribution in [0.3, 0.4) is 0 Å².